The van der Waals surface area contributed by atoms with E-state index >= 15 is 0 Å². The third-order valence-electron chi connectivity index (χ3n) is 9.21. The van der Waals surface area contributed by atoms with Crippen LogP contribution in [0.15, 0.2) is 176 Å². The van der Waals surface area contributed by atoms with E-state index in [0.29, 0.717) is 5.82 Å². The third-order valence-corrected chi connectivity index (χ3v) is 9.21. The zero-order valence-electron chi connectivity index (χ0n) is 26.1. The lowest BCUT2D eigenvalue weighted by Gasteiger charge is -2.12. The van der Waals surface area contributed by atoms with Crippen LogP contribution in [0, 0.1) is 0 Å². The van der Waals surface area contributed by atoms with E-state index in [1.807, 2.05) is 30.3 Å². The number of fused-ring (bicyclic) bond motifs is 10. The Kier molecular flexibility index (Phi) is 6.80. The molecule has 0 aliphatic heterocycles. The molecule has 2 heterocycles. The van der Waals surface area contributed by atoms with E-state index in [0.717, 1.165) is 33.5 Å². The first-order valence-electron chi connectivity index (χ1n) is 16.2. The Hall–Kier alpha value is -6.45. The number of benzene rings is 6. The van der Waals surface area contributed by atoms with Gasteiger partial charge in [0.15, 0.2) is 5.82 Å². The summed E-state index contributed by atoms with van der Waals surface area (Å²) in [7, 11) is 0. The van der Waals surface area contributed by atoms with Gasteiger partial charge in [-0.1, -0.05) is 140 Å². The standard InChI is InChI=1S/C45H29N3/c1-2-12-31(13-3-1)45-47-43(30-24-26-46-27-25-30)29-44(48-45)32-22-23-41-39-20-9-8-18-37(39)35-16-5-4-14-33(35)34-15-6-7-17-36(34)38-19-10-11-21-40(38)42(41)28-32/h1-29H. The van der Waals surface area contributed by atoms with Gasteiger partial charge in [-0.3, -0.25) is 4.98 Å². The summed E-state index contributed by atoms with van der Waals surface area (Å²) in [6.07, 6.45) is 3.61. The van der Waals surface area contributed by atoms with Gasteiger partial charge in [0.05, 0.1) is 11.4 Å². The van der Waals surface area contributed by atoms with E-state index in [9.17, 15) is 0 Å². The summed E-state index contributed by atoms with van der Waals surface area (Å²) in [6, 6.07) is 58.2. The lowest BCUT2D eigenvalue weighted by molar-refractivity contribution is 1.18. The maximum absolute atomic E-state index is 5.16. The SMILES string of the molecule is c1ccc(-c2nc(-c3ccncc3)cc(-c3ccc4c5ccccc5c5ccccc5c5ccccc5c5ccccc5c4c3)n2)cc1. The molecule has 2 aromatic heterocycles. The Morgan fingerprint density at radius 2 is 0.667 bits per heavy atom. The molecule has 0 spiro atoms. The van der Waals surface area contributed by atoms with Crippen LogP contribution in [0.1, 0.15) is 0 Å². The summed E-state index contributed by atoms with van der Waals surface area (Å²) in [4.78, 5) is 14.4. The summed E-state index contributed by atoms with van der Waals surface area (Å²) in [5.41, 5.74) is 4.73. The minimum atomic E-state index is 0.691. The van der Waals surface area contributed by atoms with Gasteiger partial charge < -0.3 is 0 Å². The van der Waals surface area contributed by atoms with Crippen LogP contribution in [0.25, 0.3) is 87.8 Å². The fourth-order valence-corrected chi connectivity index (χ4v) is 6.95. The Morgan fingerprint density at radius 3 is 1.15 bits per heavy atom. The molecule has 9 aromatic rings. The molecule has 0 amide bonds. The minimum absolute atomic E-state index is 0.691. The smallest absolute Gasteiger partial charge is 0.160 e. The average Bonchev–Trinajstić information content (AvgIpc) is 3.18. The van der Waals surface area contributed by atoms with Crippen LogP contribution in [-0.2, 0) is 0 Å². The highest BCUT2D eigenvalue weighted by Gasteiger charge is 2.13. The molecular weight excluding hydrogens is 583 g/mol. The van der Waals surface area contributed by atoms with Crippen molar-refractivity contribution in [3.8, 4) is 33.9 Å². The van der Waals surface area contributed by atoms with Gasteiger partial charge in [0.1, 0.15) is 0 Å². The first-order chi connectivity index (χ1) is 23.8. The van der Waals surface area contributed by atoms with Gasteiger partial charge in [-0.05, 0) is 78.1 Å². The molecule has 0 atom stereocenters. The van der Waals surface area contributed by atoms with Crippen LogP contribution < -0.4 is 0 Å². The Morgan fingerprint density at radius 1 is 0.271 bits per heavy atom. The zero-order valence-corrected chi connectivity index (χ0v) is 26.1. The molecule has 0 aliphatic carbocycles. The molecule has 9 rings (SSSR count). The van der Waals surface area contributed by atoms with Crippen molar-refractivity contribution < 1.29 is 0 Å². The molecule has 0 fully saturated rings. The largest absolute Gasteiger partial charge is 0.265 e. The van der Waals surface area contributed by atoms with E-state index in [2.05, 4.69) is 138 Å². The van der Waals surface area contributed by atoms with E-state index in [4.69, 9.17) is 9.97 Å². The van der Waals surface area contributed by atoms with Crippen molar-refractivity contribution in [2.75, 3.05) is 0 Å². The fraction of sp³-hybridized carbons (Fsp3) is 0. The normalized spacial score (nSPS) is 11.3. The maximum Gasteiger partial charge on any atom is 0.160 e. The molecule has 3 heteroatoms. The van der Waals surface area contributed by atoms with Gasteiger partial charge in [0, 0.05) is 29.1 Å². The molecule has 48 heavy (non-hydrogen) atoms. The molecule has 0 N–H and O–H groups in total. The minimum Gasteiger partial charge on any atom is -0.265 e. The summed E-state index contributed by atoms with van der Waals surface area (Å²) in [6.45, 7) is 0. The molecule has 0 aliphatic rings. The quantitative estimate of drug-likeness (QED) is 0.199. The Balaban J connectivity index is 1.45. The molecule has 0 radical (unpaired) electrons. The van der Waals surface area contributed by atoms with Crippen molar-refractivity contribution in [1.82, 2.24) is 15.0 Å². The van der Waals surface area contributed by atoms with Crippen LogP contribution in [0.4, 0.5) is 0 Å². The van der Waals surface area contributed by atoms with Crippen molar-refractivity contribution in [1.29, 1.82) is 0 Å². The van der Waals surface area contributed by atoms with Gasteiger partial charge in [-0.25, -0.2) is 9.97 Å². The highest BCUT2D eigenvalue weighted by atomic mass is 14.9. The Labute approximate surface area is 278 Å². The van der Waals surface area contributed by atoms with Gasteiger partial charge in [0.25, 0.3) is 0 Å². The second-order valence-corrected chi connectivity index (χ2v) is 12.0. The van der Waals surface area contributed by atoms with Gasteiger partial charge in [-0.2, -0.15) is 0 Å². The summed E-state index contributed by atoms with van der Waals surface area (Å²) < 4.78 is 0. The monoisotopic (exact) mass is 611 g/mol. The highest BCUT2D eigenvalue weighted by molar-refractivity contribution is 6.26. The predicted octanol–water partition coefficient (Wildman–Crippen LogP) is 11.8. The van der Waals surface area contributed by atoms with Crippen LogP contribution >= 0.6 is 0 Å². The van der Waals surface area contributed by atoms with Crippen LogP contribution in [0.5, 0.6) is 0 Å². The molecule has 224 valence electrons. The van der Waals surface area contributed by atoms with Crippen LogP contribution in [0.3, 0.4) is 0 Å². The second-order valence-electron chi connectivity index (χ2n) is 12.0. The number of nitrogens with zero attached hydrogens (tertiary/aromatic N) is 3. The number of aromatic nitrogens is 3. The number of pyridine rings is 1. The van der Waals surface area contributed by atoms with Crippen molar-refractivity contribution in [3.63, 3.8) is 0 Å². The van der Waals surface area contributed by atoms with Crippen LogP contribution in [-0.4, -0.2) is 15.0 Å². The van der Waals surface area contributed by atoms with E-state index < -0.39 is 0 Å². The molecule has 0 unspecified atom stereocenters. The molecule has 0 bridgehead atoms. The number of hydrogen-bond donors (Lipinski definition) is 0. The lowest BCUT2D eigenvalue weighted by atomic mass is 9.93. The van der Waals surface area contributed by atoms with Gasteiger partial charge in [-0.15, -0.1) is 0 Å². The highest BCUT2D eigenvalue weighted by Crippen LogP contribution is 2.37. The van der Waals surface area contributed by atoms with Gasteiger partial charge in [0.2, 0.25) is 0 Å². The molecule has 7 aromatic carbocycles. The van der Waals surface area contributed by atoms with Crippen molar-refractivity contribution in [2.24, 2.45) is 0 Å². The molecule has 0 saturated carbocycles. The number of hydrogen-bond acceptors (Lipinski definition) is 3. The summed E-state index contributed by atoms with van der Waals surface area (Å²) in [5.74, 6) is 0.691. The summed E-state index contributed by atoms with van der Waals surface area (Å²) in [5, 5.41) is 12.0. The Bertz CT molecular complexity index is 2590. The van der Waals surface area contributed by atoms with Crippen molar-refractivity contribution in [3.05, 3.63) is 176 Å². The zero-order chi connectivity index (χ0) is 31.9. The fourth-order valence-electron chi connectivity index (χ4n) is 6.95. The predicted molar refractivity (Wildman–Crippen MR) is 201 cm³/mol. The van der Waals surface area contributed by atoms with Crippen molar-refractivity contribution in [2.45, 2.75) is 0 Å². The van der Waals surface area contributed by atoms with E-state index in [-0.39, 0.29) is 0 Å². The first-order valence-corrected chi connectivity index (χ1v) is 16.2. The molecular formula is C45H29N3. The van der Waals surface area contributed by atoms with E-state index in [1.165, 1.54) is 48.5 Å². The molecule has 3 nitrogen and oxygen atoms in total. The molecule has 0 saturated heterocycles. The number of rotatable bonds is 3. The van der Waals surface area contributed by atoms with Crippen molar-refractivity contribution >= 4 is 53.9 Å². The first kappa shape index (κ1) is 27.8. The van der Waals surface area contributed by atoms with E-state index in [1.54, 1.807) is 12.4 Å². The lowest BCUT2D eigenvalue weighted by Crippen LogP contribution is -1.96. The third kappa shape index (κ3) is 4.81. The topological polar surface area (TPSA) is 38.7 Å². The second kappa shape index (κ2) is 11.7. The van der Waals surface area contributed by atoms with Gasteiger partial charge >= 0.3 is 0 Å². The average molecular weight is 612 g/mol. The summed E-state index contributed by atoms with van der Waals surface area (Å²) >= 11 is 0. The van der Waals surface area contributed by atoms with Crippen LogP contribution in [0.2, 0.25) is 0 Å². The maximum atomic E-state index is 5.16.